The molecular formula is C64H74O12. The monoisotopic (exact) mass is 1030 g/mol. The molecule has 1 N–H and O–H groups in total. The fourth-order valence-electron chi connectivity index (χ4n) is 16.3. The maximum absolute atomic E-state index is 16.0. The Hall–Kier alpha value is -6.11. The van der Waals surface area contributed by atoms with E-state index in [1.54, 1.807) is 121 Å². The quantitative estimate of drug-likeness (QED) is 0.0813. The van der Waals surface area contributed by atoms with Gasteiger partial charge in [-0.3, -0.25) is 4.79 Å². The van der Waals surface area contributed by atoms with Crippen LogP contribution in [0.5, 0.6) is 0 Å². The van der Waals surface area contributed by atoms with Crippen LogP contribution in [0.2, 0.25) is 0 Å². The molecule has 5 saturated carbocycles. The molecule has 0 spiro atoms. The summed E-state index contributed by atoms with van der Waals surface area (Å²) in [4.78, 5) is 72.6. The normalized spacial score (nSPS) is 36.1. The Morgan fingerprint density at radius 1 is 0.553 bits per heavy atom. The van der Waals surface area contributed by atoms with Crippen LogP contribution < -0.4 is 0 Å². The highest BCUT2D eigenvalue weighted by molar-refractivity contribution is 5.92. The number of ether oxygens (including phenoxy) is 6. The average molecular weight is 1040 g/mol. The number of carbonyl (C=O) groups is 5. The molecule has 5 aliphatic carbocycles. The molecule has 402 valence electrons. The summed E-state index contributed by atoms with van der Waals surface area (Å²) in [5.41, 5.74) is 0.450. The largest absolute Gasteiger partial charge is 0.459 e. The van der Waals surface area contributed by atoms with Crippen molar-refractivity contribution in [2.75, 3.05) is 6.61 Å². The van der Waals surface area contributed by atoms with Crippen LogP contribution in [-0.4, -0.2) is 78.4 Å². The van der Waals surface area contributed by atoms with E-state index >= 15 is 4.79 Å². The topological polar surface area (TPSA) is 161 Å². The minimum absolute atomic E-state index is 0.0264. The van der Waals surface area contributed by atoms with Crippen molar-refractivity contribution in [1.82, 2.24) is 0 Å². The highest BCUT2D eigenvalue weighted by Crippen LogP contribution is 2.77. The molecule has 1 saturated heterocycles. The second kappa shape index (κ2) is 20.7. The lowest BCUT2D eigenvalue weighted by atomic mass is 9.32. The summed E-state index contributed by atoms with van der Waals surface area (Å²) in [5, 5.41) is 11.3. The van der Waals surface area contributed by atoms with Gasteiger partial charge in [-0.25, -0.2) is 19.2 Å². The molecule has 0 bridgehead atoms. The summed E-state index contributed by atoms with van der Waals surface area (Å²) in [5.74, 6) is -2.85. The summed E-state index contributed by atoms with van der Waals surface area (Å²) >= 11 is 0. The van der Waals surface area contributed by atoms with Crippen molar-refractivity contribution in [3.05, 3.63) is 156 Å². The predicted octanol–water partition coefficient (Wildman–Crippen LogP) is 11.8. The molecule has 6 fully saturated rings. The van der Waals surface area contributed by atoms with Gasteiger partial charge in [0.05, 0.1) is 33.8 Å². The van der Waals surface area contributed by atoms with Crippen molar-refractivity contribution in [2.24, 2.45) is 56.7 Å². The van der Waals surface area contributed by atoms with Crippen molar-refractivity contribution in [3.63, 3.8) is 0 Å². The number of aliphatic hydroxyl groups is 1. The number of rotatable bonds is 12. The van der Waals surface area contributed by atoms with E-state index in [1.807, 2.05) is 0 Å². The summed E-state index contributed by atoms with van der Waals surface area (Å²) in [7, 11) is 0. The Morgan fingerprint density at radius 3 is 1.61 bits per heavy atom. The van der Waals surface area contributed by atoms with Crippen LogP contribution in [0.1, 0.15) is 147 Å². The summed E-state index contributed by atoms with van der Waals surface area (Å²) < 4.78 is 38.5. The smallest absolute Gasteiger partial charge is 0.338 e. The van der Waals surface area contributed by atoms with Gasteiger partial charge in [-0.1, -0.05) is 120 Å². The fraction of sp³-hybridized carbons (Fsp3) is 0.516. The van der Waals surface area contributed by atoms with Crippen molar-refractivity contribution < 1.29 is 57.5 Å². The number of esters is 5. The van der Waals surface area contributed by atoms with E-state index in [2.05, 4.69) is 48.1 Å². The van der Waals surface area contributed by atoms with Gasteiger partial charge in [-0.15, -0.1) is 0 Å². The van der Waals surface area contributed by atoms with Gasteiger partial charge in [0.1, 0.15) is 12.7 Å². The van der Waals surface area contributed by atoms with Crippen LogP contribution in [0.4, 0.5) is 0 Å². The lowest BCUT2D eigenvalue weighted by Gasteiger charge is -2.72. The van der Waals surface area contributed by atoms with Gasteiger partial charge in [0.25, 0.3) is 0 Å². The molecule has 1 heterocycles. The molecule has 4 aromatic rings. The van der Waals surface area contributed by atoms with Crippen molar-refractivity contribution in [1.29, 1.82) is 0 Å². The minimum Gasteiger partial charge on any atom is -0.459 e. The third-order valence-corrected chi connectivity index (χ3v) is 20.4. The molecule has 6 aliphatic rings. The van der Waals surface area contributed by atoms with Gasteiger partial charge >= 0.3 is 29.8 Å². The molecule has 0 amide bonds. The zero-order valence-corrected chi connectivity index (χ0v) is 44.8. The lowest BCUT2D eigenvalue weighted by molar-refractivity contribution is -0.296. The third kappa shape index (κ3) is 9.18. The first-order valence-electron chi connectivity index (χ1n) is 27.5. The number of allylic oxidation sites excluding steroid dienone is 1. The van der Waals surface area contributed by atoms with Gasteiger partial charge in [-0.05, 0) is 171 Å². The minimum atomic E-state index is -1.75. The molecule has 0 aromatic heterocycles. The molecule has 12 heteroatoms. The number of hydrogen-bond donors (Lipinski definition) is 1. The Kier molecular flexibility index (Phi) is 14.5. The van der Waals surface area contributed by atoms with Crippen LogP contribution in [-0.2, 0) is 33.2 Å². The second-order valence-electron chi connectivity index (χ2n) is 24.3. The SMILES string of the molecule is C=C(C)[C@@H]1CC[C@]2(C(=O)O[C@@H]3O[C@H](COC(=O)c4ccccc4)[C@@H](OC(=O)c4ccccc4)[C@H](OC(=O)c4ccccc4)[C@H]3OC(=O)c3ccccc3)CC[C@]3(C)[C@H](CC[C@@H]4[C@@]5(C)CC[C@H](O)C(C)(C)[C@@H]5CC[C@]43C)[C@@H]12. The zero-order valence-electron chi connectivity index (χ0n) is 44.8. The predicted molar refractivity (Wildman–Crippen MR) is 283 cm³/mol. The fourth-order valence-corrected chi connectivity index (χ4v) is 16.3. The average Bonchev–Trinajstić information content (AvgIpc) is 3.89. The van der Waals surface area contributed by atoms with Crippen molar-refractivity contribution in [2.45, 2.75) is 143 Å². The first kappa shape index (κ1) is 53.3. The molecule has 0 radical (unpaired) electrons. The Balaban J connectivity index is 1.04. The number of benzene rings is 4. The van der Waals surface area contributed by atoms with Gasteiger partial charge in [0.2, 0.25) is 12.4 Å². The van der Waals surface area contributed by atoms with Gasteiger partial charge in [0.15, 0.2) is 12.2 Å². The highest BCUT2D eigenvalue weighted by Gasteiger charge is 2.72. The van der Waals surface area contributed by atoms with Crippen LogP contribution in [0.15, 0.2) is 133 Å². The number of hydrogen-bond acceptors (Lipinski definition) is 12. The first-order valence-corrected chi connectivity index (χ1v) is 27.5. The van der Waals surface area contributed by atoms with E-state index in [1.165, 1.54) is 0 Å². The highest BCUT2D eigenvalue weighted by atomic mass is 16.7. The summed E-state index contributed by atoms with van der Waals surface area (Å²) in [6.45, 7) is 18.1. The van der Waals surface area contributed by atoms with E-state index in [9.17, 15) is 24.3 Å². The summed E-state index contributed by atoms with van der Waals surface area (Å²) in [6.07, 6.45) is -0.0260. The van der Waals surface area contributed by atoms with Crippen molar-refractivity contribution in [3.8, 4) is 0 Å². The van der Waals surface area contributed by atoms with E-state index in [0.29, 0.717) is 24.7 Å². The Labute approximate surface area is 447 Å². The first-order chi connectivity index (χ1) is 36.3. The summed E-state index contributed by atoms with van der Waals surface area (Å²) in [6, 6.07) is 33.0. The van der Waals surface area contributed by atoms with E-state index in [0.717, 1.165) is 56.9 Å². The molecule has 4 aromatic carbocycles. The standard InChI is InChI=1S/C64H74O12/c1-39(2)44-30-35-64(37-36-62(6)45(50(44)64)28-29-48-61(5)33-32-49(65)60(3,4)47(61)31-34-63(48,62)7)59(70)76-58-53(75-57(69)43-26-18-11-19-27-43)52(74-56(68)42-24-16-10-17-25-42)51(73-55(67)41-22-14-9-15-23-41)46(72-58)38-71-54(66)40-20-12-8-13-21-40/h8-27,44-53,58,65H,1,28-38H2,2-7H3/t44-,45+,46+,47-,48+,49-,50+,51+,52-,53+,58-,61-,62+,63+,64-/m0/s1. The van der Waals surface area contributed by atoms with Crippen LogP contribution >= 0.6 is 0 Å². The molecule has 76 heavy (non-hydrogen) atoms. The lowest BCUT2D eigenvalue weighted by Crippen LogP contribution is -2.67. The zero-order chi connectivity index (χ0) is 53.8. The number of carbonyl (C=O) groups excluding carboxylic acids is 5. The second-order valence-corrected chi connectivity index (χ2v) is 24.3. The number of fused-ring (bicyclic) bond motifs is 7. The van der Waals surface area contributed by atoms with E-state index < -0.39 is 72.6 Å². The Bertz CT molecular complexity index is 2800. The number of aliphatic hydroxyl groups excluding tert-OH is 1. The van der Waals surface area contributed by atoms with Crippen molar-refractivity contribution >= 4 is 29.8 Å². The van der Waals surface area contributed by atoms with Crippen LogP contribution in [0.3, 0.4) is 0 Å². The van der Waals surface area contributed by atoms with Gasteiger partial charge < -0.3 is 33.5 Å². The van der Waals surface area contributed by atoms with Crippen LogP contribution in [0, 0.1) is 56.7 Å². The molecule has 10 rings (SSSR count). The Morgan fingerprint density at radius 2 is 1.07 bits per heavy atom. The molecule has 12 nitrogen and oxygen atoms in total. The molecular weight excluding hydrogens is 961 g/mol. The van der Waals surface area contributed by atoms with Gasteiger partial charge in [-0.2, -0.15) is 0 Å². The van der Waals surface area contributed by atoms with Crippen LogP contribution in [0.25, 0.3) is 0 Å². The molecule has 0 unspecified atom stereocenters. The third-order valence-electron chi connectivity index (χ3n) is 20.4. The van der Waals surface area contributed by atoms with Gasteiger partial charge in [0, 0.05) is 0 Å². The molecule has 1 aliphatic heterocycles. The maximum Gasteiger partial charge on any atom is 0.338 e. The van der Waals surface area contributed by atoms with E-state index in [-0.39, 0.29) is 67.8 Å². The molecule has 15 atom stereocenters. The van der Waals surface area contributed by atoms with E-state index in [4.69, 9.17) is 28.4 Å². The maximum atomic E-state index is 16.0.